The van der Waals surface area contributed by atoms with E-state index < -0.39 is 0 Å². The fourth-order valence-electron chi connectivity index (χ4n) is 2.27. The van der Waals surface area contributed by atoms with Crippen molar-refractivity contribution >= 4 is 11.9 Å². The molecule has 6 heteroatoms. The summed E-state index contributed by atoms with van der Waals surface area (Å²) in [5.74, 6) is 0.0522. The van der Waals surface area contributed by atoms with Crippen molar-refractivity contribution in [3.05, 3.63) is 0 Å². The summed E-state index contributed by atoms with van der Waals surface area (Å²) in [6.45, 7) is 5.75. The van der Waals surface area contributed by atoms with E-state index >= 15 is 0 Å². The molecule has 0 saturated carbocycles. The van der Waals surface area contributed by atoms with Crippen molar-refractivity contribution in [2.45, 2.75) is 19.3 Å². The van der Waals surface area contributed by atoms with Gasteiger partial charge in [0, 0.05) is 53.2 Å². The highest BCUT2D eigenvalue weighted by molar-refractivity contribution is 5.75. The molecule has 0 atom stereocenters. The quantitative estimate of drug-likeness (QED) is 0.618. The predicted molar refractivity (Wildman–Crippen MR) is 77.4 cm³/mol. The molecule has 0 unspecified atom stereocenters. The molecule has 0 N–H and O–H groups in total. The average molecular weight is 285 g/mol. The van der Waals surface area contributed by atoms with Gasteiger partial charge in [-0.05, 0) is 13.0 Å². The lowest BCUT2D eigenvalue weighted by molar-refractivity contribution is -0.141. The number of amides is 1. The maximum Gasteiger partial charge on any atom is 0.306 e. The van der Waals surface area contributed by atoms with Crippen LogP contribution in [0.4, 0.5) is 0 Å². The van der Waals surface area contributed by atoms with Crippen LogP contribution in [0.25, 0.3) is 0 Å². The van der Waals surface area contributed by atoms with Gasteiger partial charge in [-0.2, -0.15) is 0 Å². The first-order chi connectivity index (χ1) is 9.52. The minimum atomic E-state index is -0.144. The molecule has 0 aliphatic carbocycles. The highest BCUT2D eigenvalue weighted by Gasteiger charge is 2.17. The lowest BCUT2D eigenvalue weighted by Gasteiger charge is -2.34. The molecule has 1 aliphatic heterocycles. The van der Waals surface area contributed by atoms with E-state index in [4.69, 9.17) is 0 Å². The molecule has 0 aromatic rings. The Morgan fingerprint density at radius 3 is 2.05 bits per heavy atom. The predicted octanol–water partition coefficient (Wildman–Crippen LogP) is 0.0355. The standard InChI is InChI=1S/C14H27N3O3/c1-15(2)13(18)5-4-7-16-9-11-17(12-10-16)8-6-14(19)20-3/h4-12H2,1-3H3. The maximum absolute atomic E-state index is 11.5. The Morgan fingerprint density at radius 1 is 1.00 bits per heavy atom. The summed E-state index contributed by atoms with van der Waals surface area (Å²) in [5.41, 5.74) is 0. The van der Waals surface area contributed by atoms with E-state index in [2.05, 4.69) is 14.5 Å². The number of methoxy groups -OCH3 is 1. The summed E-state index contributed by atoms with van der Waals surface area (Å²) in [6.07, 6.45) is 2.00. The molecule has 1 fully saturated rings. The van der Waals surface area contributed by atoms with Crippen molar-refractivity contribution in [2.75, 3.05) is 60.5 Å². The first kappa shape index (κ1) is 16.9. The van der Waals surface area contributed by atoms with Gasteiger partial charge in [0.25, 0.3) is 0 Å². The first-order valence-corrected chi connectivity index (χ1v) is 7.24. The molecule has 0 aromatic heterocycles. The lowest BCUT2D eigenvalue weighted by Crippen LogP contribution is -2.47. The molecule has 0 radical (unpaired) electrons. The zero-order chi connectivity index (χ0) is 15.0. The molecular formula is C14H27N3O3. The molecular weight excluding hydrogens is 258 g/mol. The van der Waals surface area contributed by atoms with Crippen LogP contribution in [0.1, 0.15) is 19.3 Å². The molecule has 1 amide bonds. The SMILES string of the molecule is COC(=O)CCN1CCN(CCCC(=O)N(C)C)CC1. The third-order valence-corrected chi connectivity index (χ3v) is 3.69. The molecule has 20 heavy (non-hydrogen) atoms. The van der Waals surface area contributed by atoms with Gasteiger partial charge in [-0.15, -0.1) is 0 Å². The van der Waals surface area contributed by atoms with Crippen LogP contribution in [0.3, 0.4) is 0 Å². The third kappa shape index (κ3) is 6.34. The van der Waals surface area contributed by atoms with Crippen molar-refractivity contribution in [2.24, 2.45) is 0 Å². The van der Waals surface area contributed by atoms with E-state index in [9.17, 15) is 9.59 Å². The Labute approximate surface area is 121 Å². The van der Waals surface area contributed by atoms with E-state index in [1.165, 1.54) is 7.11 Å². The molecule has 0 bridgehead atoms. The molecule has 116 valence electrons. The highest BCUT2D eigenvalue weighted by atomic mass is 16.5. The fourth-order valence-corrected chi connectivity index (χ4v) is 2.27. The van der Waals surface area contributed by atoms with E-state index in [0.29, 0.717) is 12.8 Å². The van der Waals surface area contributed by atoms with Gasteiger partial charge in [-0.3, -0.25) is 9.59 Å². The van der Waals surface area contributed by atoms with Gasteiger partial charge < -0.3 is 19.4 Å². The summed E-state index contributed by atoms with van der Waals surface area (Å²) in [7, 11) is 5.01. The number of esters is 1. The minimum absolute atomic E-state index is 0.144. The molecule has 1 aliphatic rings. The second-order valence-corrected chi connectivity index (χ2v) is 5.40. The zero-order valence-electron chi connectivity index (χ0n) is 12.9. The second-order valence-electron chi connectivity index (χ2n) is 5.40. The van der Waals surface area contributed by atoms with Gasteiger partial charge >= 0.3 is 5.97 Å². The van der Waals surface area contributed by atoms with Crippen LogP contribution in [-0.2, 0) is 14.3 Å². The Kier molecular flexibility index (Phi) is 7.54. The molecule has 0 spiro atoms. The van der Waals surface area contributed by atoms with Crippen LogP contribution in [-0.4, -0.2) is 87.0 Å². The number of hydrogen-bond acceptors (Lipinski definition) is 5. The van der Waals surface area contributed by atoms with Gasteiger partial charge in [-0.25, -0.2) is 0 Å². The van der Waals surface area contributed by atoms with Gasteiger partial charge in [0.1, 0.15) is 0 Å². The Hall–Kier alpha value is -1.14. The summed E-state index contributed by atoms with van der Waals surface area (Å²) >= 11 is 0. The van der Waals surface area contributed by atoms with Crippen LogP contribution in [0, 0.1) is 0 Å². The number of carbonyl (C=O) groups is 2. The van der Waals surface area contributed by atoms with Crippen LogP contribution < -0.4 is 0 Å². The first-order valence-electron chi connectivity index (χ1n) is 7.24. The average Bonchev–Trinajstić information content (AvgIpc) is 2.45. The smallest absolute Gasteiger partial charge is 0.306 e. The zero-order valence-corrected chi connectivity index (χ0v) is 12.9. The van der Waals surface area contributed by atoms with E-state index in [0.717, 1.165) is 45.7 Å². The molecule has 1 saturated heterocycles. The molecule has 1 heterocycles. The van der Waals surface area contributed by atoms with Crippen LogP contribution in [0.5, 0.6) is 0 Å². The maximum atomic E-state index is 11.5. The topological polar surface area (TPSA) is 53.1 Å². The molecule has 0 aromatic carbocycles. The monoisotopic (exact) mass is 285 g/mol. The number of rotatable bonds is 7. The number of ether oxygens (including phenoxy) is 1. The number of hydrogen-bond donors (Lipinski definition) is 0. The van der Waals surface area contributed by atoms with Gasteiger partial charge in [-0.1, -0.05) is 0 Å². The van der Waals surface area contributed by atoms with Crippen molar-refractivity contribution in [3.8, 4) is 0 Å². The molecule has 1 rings (SSSR count). The Bertz CT molecular complexity index is 313. The van der Waals surface area contributed by atoms with Gasteiger partial charge in [0.15, 0.2) is 0 Å². The van der Waals surface area contributed by atoms with Gasteiger partial charge in [0.2, 0.25) is 5.91 Å². The van der Waals surface area contributed by atoms with E-state index in [-0.39, 0.29) is 11.9 Å². The largest absolute Gasteiger partial charge is 0.469 e. The van der Waals surface area contributed by atoms with Crippen molar-refractivity contribution in [1.82, 2.24) is 14.7 Å². The van der Waals surface area contributed by atoms with Crippen LogP contribution >= 0.6 is 0 Å². The fraction of sp³-hybridized carbons (Fsp3) is 0.857. The number of nitrogens with zero attached hydrogens (tertiary/aromatic N) is 3. The number of piperazine rings is 1. The second kappa shape index (κ2) is 8.92. The van der Waals surface area contributed by atoms with Crippen LogP contribution in [0.2, 0.25) is 0 Å². The lowest BCUT2D eigenvalue weighted by atomic mass is 10.2. The summed E-state index contributed by atoms with van der Waals surface area (Å²) in [6, 6.07) is 0. The third-order valence-electron chi connectivity index (χ3n) is 3.69. The van der Waals surface area contributed by atoms with Crippen LogP contribution in [0.15, 0.2) is 0 Å². The molecule has 6 nitrogen and oxygen atoms in total. The van der Waals surface area contributed by atoms with E-state index in [1.807, 2.05) is 0 Å². The van der Waals surface area contributed by atoms with Gasteiger partial charge in [0.05, 0.1) is 13.5 Å². The highest BCUT2D eigenvalue weighted by Crippen LogP contribution is 2.05. The summed E-state index contributed by atoms with van der Waals surface area (Å²) < 4.78 is 4.65. The normalized spacial score (nSPS) is 16.9. The Morgan fingerprint density at radius 2 is 1.55 bits per heavy atom. The minimum Gasteiger partial charge on any atom is -0.469 e. The van der Waals surface area contributed by atoms with E-state index in [1.54, 1.807) is 19.0 Å². The number of carbonyl (C=O) groups excluding carboxylic acids is 2. The summed E-state index contributed by atoms with van der Waals surface area (Å²) in [4.78, 5) is 28.9. The van der Waals surface area contributed by atoms with Crippen molar-refractivity contribution < 1.29 is 14.3 Å². The summed E-state index contributed by atoms with van der Waals surface area (Å²) in [5, 5.41) is 0. The van der Waals surface area contributed by atoms with Crippen molar-refractivity contribution in [1.29, 1.82) is 0 Å². The Balaban J connectivity index is 2.10. The van der Waals surface area contributed by atoms with Crippen molar-refractivity contribution in [3.63, 3.8) is 0 Å².